The highest BCUT2D eigenvalue weighted by molar-refractivity contribution is 6.05. The first-order valence-corrected chi connectivity index (χ1v) is 9.23. The maximum Gasteiger partial charge on any atom is 0.259 e. The average molecular weight is 394 g/mol. The first-order valence-electron chi connectivity index (χ1n) is 9.23. The van der Waals surface area contributed by atoms with E-state index in [4.69, 9.17) is 0 Å². The van der Waals surface area contributed by atoms with E-state index >= 15 is 0 Å². The molecule has 8 nitrogen and oxygen atoms in total. The Morgan fingerprint density at radius 2 is 2.10 bits per heavy atom. The molecule has 0 atom stereocenters. The van der Waals surface area contributed by atoms with Crippen molar-refractivity contribution in [1.29, 1.82) is 0 Å². The van der Waals surface area contributed by atoms with Gasteiger partial charge in [0.05, 0.1) is 5.56 Å². The lowest BCUT2D eigenvalue weighted by atomic mass is 10.00. The third-order valence-electron chi connectivity index (χ3n) is 4.68. The Labute approximate surface area is 166 Å². The number of aryl methyl sites for hydroxylation is 1. The van der Waals surface area contributed by atoms with Gasteiger partial charge in [0.2, 0.25) is 5.91 Å². The van der Waals surface area contributed by atoms with Gasteiger partial charge in [0.25, 0.3) is 5.91 Å². The van der Waals surface area contributed by atoms with E-state index in [1.807, 2.05) is 18.4 Å². The maximum atomic E-state index is 14.5. The molecule has 3 heterocycles. The number of pyridine rings is 1. The number of benzene rings is 1. The Bertz CT molecular complexity index is 1110. The number of anilines is 2. The largest absolute Gasteiger partial charge is 0.326 e. The molecule has 29 heavy (non-hydrogen) atoms. The van der Waals surface area contributed by atoms with Crippen LogP contribution < -0.4 is 10.6 Å². The summed E-state index contributed by atoms with van der Waals surface area (Å²) in [6.45, 7) is 3.99. The average Bonchev–Trinajstić information content (AvgIpc) is 3.18. The van der Waals surface area contributed by atoms with E-state index in [1.54, 1.807) is 24.5 Å². The minimum Gasteiger partial charge on any atom is -0.326 e. The minimum atomic E-state index is -0.653. The Hall–Kier alpha value is -3.62. The number of nitrogens with one attached hydrogen (secondary N) is 2. The van der Waals surface area contributed by atoms with Crippen molar-refractivity contribution < 1.29 is 14.0 Å². The normalized spacial score (nSPS) is 13.2. The van der Waals surface area contributed by atoms with Crippen molar-refractivity contribution in [3.8, 4) is 11.5 Å². The highest BCUT2D eigenvalue weighted by atomic mass is 19.1. The van der Waals surface area contributed by atoms with Gasteiger partial charge in [-0.1, -0.05) is 6.07 Å². The lowest BCUT2D eigenvalue weighted by molar-refractivity contribution is -0.116. The van der Waals surface area contributed by atoms with E-state index in [9.17, 15) is 14.0 Å². The molecule has 0 saturated heterocycles. The van der Waals surface area contributed by atoms with Crippen LogP contribution in [0.4, 0.5) is 15.9 Å². The van der Waals surface area contributed by atoms with Gasteiger partial charge in [-0.2, -0.15) is 0 Å². The van der Waals surface area contributed by atoms with E-state index in [-0.39, 0.29) is 23.3 Å². The van der Waals surface area contributed by atoms with Crippen molar-refractivity contribution in [2.45, 2.75) is 32.7 Å². The molecule has 0 unspecified atom stereocenters. The third kappa shape index (κ3) is 3.71. The Balaban J connectivity index is 1.60. The van der Waals surface area contributed by atoms with Crippen LogP contribution in [-0.2, 0) is 11.2 Å². The van der Waals surface area contributed by atoms with Crippen LogP contribution in [0, 0.1) is 5.82 Å². The molecule has 0 aliphatic carbocycles. The minimum absolute atomic E-state index is 0.139. The van der Waals surface area contributed by atoms with Gasteiger partial charge < -0.3 is 15.2 Å². The van der Waals surface area contributed by atoms with Crippen LogP contribution in [-0.4, -0.2) is 31.6 Å². The molecule has 0 radical (unpaired) electrons. The van der Waals surface area contributed by atoms with Gasteiger partial charge in [0, 0.05) is 18.2 Å². The lowest BCUT2D eigenvalue weighted by Crippen LogP contribution is -2.21. The van der Waals surface area contributed by atoms with Crippen LogP contribution in [0.2, 0.25) is 0 Å². The fourth-order valence-electron chi connectivity index (χ4n) is 3.19. The second-order valence-electron chi connectivity index (χ2n) is 7.06. The fourth-order valence-corrected chi connectivity index (χ4v) is 3.19. The second kappa shape index (κ2) is 7.42. The van der Waals surface area contributed by atoms with Gasteiger partial charge in [-0.25, -0.2) is 9.37 Å². The summed E-state index contributed by atoms with van der Waals surface area (Å²) in [5, 5.41) is 13.3. The monoisotopic (exact) mass is 394 g/mol. The maximum absolute atomic E-state index is 14.5. The fraction of sp³-hybridized carbons (Fsp3) is 0.250. The standard InChI is InChI=1S/C20H19FN6O2/c1-11(2)27-10-22-26-19(27)15-4-3-5-17(23-15)25-20(29)13-9-16-12(8-14(13)21)6-7-18(28)24-16/h3-5,8-11H,6-7H2,1-2H3,(H,24,28)(H,23,25,29). The molecule has 0 saturated carbocycles. The van der Waals surface area contributed by atoms with Crippen LogP contribution in [0.3, 0.4) is 0 Å². The molecule has 2 N–H and O–H groups in total. The van der Waals surface area contributed by atoms with Gasteiger partial charge in [-0.15, -0.1) is 10.2 Å². The van der Waals surface area contributed by atoms with E-state index in [2.05, 4.69) is 25.8 Å². The first-order chi connectivity index (χ1) is 13.9. The Morgan fingerprint density at radius 3 is 2.90 bits per heavy atom. The zero-order valence-electron chi connectivity index (χ0n) is 15.9. The van der Waals surface area contributed by atoms with Crippen LogP contribution in [0.5, 0.6) is 0 Å². The second-order valence-corrected chi connectivity index (χ2v) is 7.06. The zero-order valence-corrected chi connectivity index (χ0v) is 15.9. The van der Waals surface area contributed by atoms with E-state index < -0.39 is 11.7 Å². The number of fused-ring (bicyclic) bond motifs is 1. The zero-order chi connectivity index (χ0) is 20.5. The van der Waals surface area contributed by atoms with Crippen LogP contribution in [0.1, 0.15) is 42.2 Å². The molecule has 1 aliphatic heterocycles. The quantitative estimate of drug-likeness (QED) is 0.708. The summed E-state index contributed by atoms with van der Waals surface area (Å²) in [7, 11) is 0. The number of hydrogen-bond acceptors (Lipinski definition) is 5. The van der Waals surface area contributed by atoms with Gasteiger partial charge in [-0.3, -0.25) is 9.59 Å². The number of carbonyl (C=O) groups is 2. The lowest BCUT2D eigenvalue weighted by Gasteiger charge is -2.18. The number of amides is 2. The number of hydrogen-bond donors (Lipinski definition) is 2. The highest BCUT2D eigenvalue weighted by Gasteiger charge is 2.21. The summed E-state index contributed by atoms with van der Waals surface area (Å²) in [4.78, 5) is 28.6. The summed E-state index contributed by atoms with van der Waals surface area (Å²) in [5.74, 6) is -0.627. The van der Waals surface area contributed by atoms with Crippen LogP contribution in [0.25, 0.3) is 11.5 Å². The van der Waals surface area contributed by atoms with Gasteiger partial charge in [0.1, 0.15) is 23.7 Å². The summed E-state index contributed by atoms with van der Waals surface area (Å²) in [5.41, 5.74) is 1.50. The molecule has 1 aromatic carbocycles. The SMILES string of the molecule is CC(C)n1cnnc1-c1cccc(NC(=O)c2cc3c(cc2F)CCC(=O)N3)n1. The van der Waals surface area contributed by atoms with Gasteiger partial charge >= 0.3 is 0 Å². The predicted octanol–water partition coefficient (Wildman–Crippen LogP) is 3.20. The highest BCUT2D eigenvalue weighted by Crippen LogP contribution is 2.27. The number of rotatable bonds is 4. The molecule has 1 aliphatic rings. The molecular weight excluding hydrogens is 375 g/mol. The van der Waals surface area contributed by atoms with Crippen molar-refractivity contribution >= 4 is 23.3 Å². The number of nitrogens with zero attached hydrogens (tertiary/aromatic N) is 4. The molecule has 2 aromatic heterocycles. The van der Waals surface area contributed by atoms with Crippen LogP contribution in [0.15, 0.2) is 36.7 Å². The van der Waals surface area contributed by atoms with Crippen molar-refractivity contribution in [3.05, 3.63) is 53.6 Å². The van der Waals surface area contributed by atoms with Gasteiger partial charge in [-0.05, 0) is 50.1 Å². The van der Waals surface area contributed by atoms with Crippen molar-refractivity contribution in [1.82, 2.24) is 19.7 Å². The molecule has 0 bridgehead atoms. The summed E-state index contributed by atoms with van der Waals surface area (Å²) in [6.07, 6.45) is 2.36. The smallest absolute Gasteiger partial charge is 0.259 e. The molecule has 4 rings (SSSR count). The van der Waals surface area contributed by atoms with E-state index in [0.29, 0.717) is 35.6 Å². The molecule has 2 amide bonds. The molecule has 0 spiro atoms. The number of carbonyl (C=O) groups excluding carboxylic acids is 2. The molecule has 3 aromatic rings. The van der Waals surface area contributed by atoms with Gasteiger partial charge in [0.15, 0.2) is 5.82 Å². The summed E-state index contributed by atoms with van der Waals surface area (Å²) in [6, 6.07) is 7.87. The topological polar surface area (TPSA) is 102 Å². The molecule has 148 valence electrons. The van der Waals surface area contributed by atoms with Crippen molar-refractivity contribution in [2.24, 2.45) is 0 Å². The third-order valence-corrected chi connectivity index (χ3v) is 4.68. The first kappa shape index (κ1) is 18.7. The van der Waals surface area contributed by atoms with Crippen molar-refractivity contribution in [3.63, 3.8) is 0 Å². The summed E-state index contributed by atoms with van der Waals surface area (Å²) < 4.78 is 16.3. The molecular formula is C20H19FN6O2. The van der Waals surface area contributed by atoms with Crippen molar-refractivity contribution in [2.75, 3.05) is 10.6 Å². The molecule has 9 heteroatoms. The van der Waals surface area contributed by atoms with Crippen LogP contribution >= 0.6 is 0 Å². The Morgan fingerprint density at radius 1 is 1.28 bits per heavy atom. The predicted molar refractivity (Wildman–Crippen MR) is 105 cm³/mol. The Kier molecular flexibility index (Phi) is 4.79. The van der Waals surface area contributed by atoms with E-state index in [0.717, 1.165) is 0 Å². The number of halogens is 1. The summed E-state index contributed by atoms with van der Waals surface area (Å²) >= 11 is 0. The number of aromatic nitrogens is 4. The molecule has 0 fully saturated rings. The van der Waals surface area contributed by atoms with E-state index in [1.165, 1.54) is 12.1 Å².